The van der Waals surface area contributed by atoms with E-state index in [1.54, 1.807) is 0 Å². The summed E-state index contributed by atoms with van der Waals surface area (Å²) in [5.74, 6) is -1.34. The van der Waals surface area contributed by atoms with Gasteiger partial charge in [-0.1, -0.05) is 24.3 Å². The summed E-state index contributed by atoms with van der Waals surface area (Å²) in [7, 11) is 2.04. The Kier molecular flexibility index (Phi) is 4.59. The van der Waals surface area contributed by atoms with E-state index in [-0.39, 0.29) is 5.56 Å². The lowest BCUT2D eigenvalue weighted by Gasteiger charge is -2.24. The fourth-order valence-corrected chi connectivity index (χ4v) is 3.02. The van der Waals surface area contributed by atoms with Crippen LogP contribution in [-0.4, -0.2) is 36.7 Å². The molecule has 0 unspecified atom stereocenters. The number of rotatable bonds is 3. The number of nitrogens with zero attached hydrogens (tertiary/aromatic N) is 2. The molecule has 2 aromatic carbocycles. The van der Waals surface area contributed by atoms with Crippen LogP contribution < -0.4 is 4.90 Å². The number of β-amino-alcohol motifs (C(OH)–C–C–N with tert-alkyl or cyclic N) is 1. The standard InChI is InChI=1S/C18H20F2N2O/c1-21-8-9-22(11-13-4-2-3-5-17(13)21)12-18(23)15-7-6-14(19)10-16(15)20/h2-7,10,18,23H,8-9,11-12H2,1H3/t18-/m1/s1. The topological polar surface area (TPSA) is 26.7 Å². The SMILES string of the molecule is CN1CCN(C[C@@H](O)c2ccc(F)cc2F)Cc2ccccc21. The van der Waals surface area contributed by atoms with Gasteiger partial charge in [0, 0.05) is 50.5 Å². The summed E-state index contributed by atoms with van der Waals surface area (Å²) in [6.07, 6.45) is -0.980. The molecule has 23 heavy (non-hydrogen) atoms. The number of fused-ring (bicyclic) bond motifs is 1. The van der Waals surface area contributed by atoms with E-state index in [0.29, 0.717) is 13.1 Å². The maximum atomic E-state index is 13.8. The Balaban J connectivity index is 1.75. The molecule has 1 aliphatic rings. The van der Waals surface area contributed by atoms with Crippen molar-refractivity contribution in [3.63, 3.8) is 0 Å². The first-order valence-corrected chi connectivity index (χ1v) is 7.69. The van der Waals surface area contributed by atoms with Crippen molar-refractivity contribution in [2.75, 3.05) is 31.6 Å². The Hall–Kier alpha value is -1.98. The fourth-order valence-electron chi connectivity index (χ4n) is 3.02. The van der Waals surface area contributed by atoms with Crippen molar-refractivity contribution in [2.24, 2.45) is 0 Å². The highest BCUT2D eigenvalue weighted by Gasteiger charge is 2.21. The Morgan fingerprint density at radius 2 is 1.91 bits per heavy atom. The third-order valence-electron chi connectivity index (χ3n) is 4.30. The summed E-state index contributed by atoms with van der Waals surface area (Å²) in [6.45, 7) is 2.60. The number of hydrogen-bond acceptors (Lipinski definition) is 3. The lowest BCUT2D eigenvalue weighted by atomic mass is 10.1. The number of benzene rings is 2. The van der Waals surface area contributed by atoms with E-state index in [1.165, 1.54) is 23.4 Å². The number of halogens is 2. The molecule has 3 nitrogen and oxygen atoms in total. The van der Waals surface area contributed by atoms with Crippen molar-refractivity contribution in [1.82, 2.24) is 4.90 Å². The largest absolute Gasteiger partial charge is 0.387 e. The Morgan fingerprint density at radius 1 is 1.13 bits per heavy atom. The van der Waals surface area contributed by atoms with Crippen LogP contribution in [0.4, 0.5) is 14.5 Å². The number of aliphatic hydroxyl groups excluding tert-OH is 1. The number of likely N-dealkylation sites (N-methyl/N-ethyl adjacent to an activating group) is 1. The molecule has 1 N–H and O–H groups in total. The Bertz CT molecular complexity index is 692. The monoisotopic (exact) mass is 318 g/mol. The third-order valence-corrected chi connectivity index (χ3v) is 4.30. The molecule has 0 spiro atoms. The molecule has 1 atom stereocenters. The Labute approximate surface area is 134 Å². The highest BCUT2D eigenvalue weighted by molar-refractivity contribution is 5.53. The summed E-state index contributed by atoms with van der Waals surface area (Å²) in [5.41, 5.74) is 2.49. The van der Waals surface area contributed by atoms with Crippen LogP contribution in [0.5, 0.6) is 0 Å². The molecule has 0 aliphatic carbocycles. The smallest absolute Gasteiger partial charge is 0.131 e. The van der Waals surface area contributed by atoms with Crippen LogP contribution in [0.3, 0.4) is 0 Å². The lowest BCUT2D eigenvalue weighted by molar-refractivity contribution is 0.109. The molecule has 2 aromatic rings. The molecule has 1 aliphatic heterocycles. The average molecular weight is 318 g/mol. The highest BCUT2D eigenvalue weighted by Crippen LogP contribution is 2.25. The van der Waals surface area contributed by atoms with Crippen LogP contribution in [0.15, 0.2) is 42.5 Å². The molecule has 1 heterocycles. The zero-order valence-corrected chi connectivity index (χ0v) is 13.0. The molecular formula is C18H20F2N2O. The summed E-state index contributed by atoms with van der Waals surface area (Å²) in [6, 6.07) is 11.4. The van der Waals surface area contributed by atoms with Gasteiger partial charge >= 0.3 is 0 Å². The van der Waals surface area contributed by atoms with Gasteiger partial charge in [0.1, 0.15) is 11.6 Å². The number of para-hydroxylation sites is 1. The molecule has 0 saturated heterocycles. The average Bonchev–Trinajstić information content (AvgIpc) is 2.67. The number of hydrogen-bond donors (Lipinski definition) is 1. The highest BCUT2D eigenvalue weighted by atomic mass is 19.1. The van der Waals surface area contributed by atoms with Crippen LogP contribution in [0.25, 0.3) is 0 Å². The molecule has 0 radical (unpaired) electrons. The predicted molar refractivity (Wildman–Crippen MR) is 86.3 cm³/mol. The maximum absolute atomic E-state index is 13.8. The zero-order chi connectivity index (χ0) is 16.4. The van der Waals surface area contributed by atoms with E-state index < -0.39 is 17.7 Å². The van der Waals surface area contributed by atoms with Crippen LogP contribution in [0.2, 0.25) is 0 Å². The van der Waals surface area contributed by atoms with Gasteiger partial charge < -0.3 is 10.0 Å². The van der Waals surface area contributed by atoms with Crippen molar-refractivity contribution in [3.05, 3.63) is 65.2 Å². The fraction of sp³-hybridized carbons (Fsp3) is 0.333. The minimum atomic E-state index is -0.980. The maximum Gasteiger partial charge on any atom is 0.131 e. The molecule has 0 aromatic heterocycles. The van der Waals surface area contributed by atoms with Crippen molar-refractivity contribution < 1.29 is 13.9 Å². The molecule has 0 bridgehead atoms. The summed E-state index contributed by atoms with van der Waals surface area (Å²) >= 11 is 0. The second-order valence-electron chi connectivity index (χ2n) is 5.97. The molecule has 0 amide bonds. The molecule has 0 fully saturated rings. The van der Waals surface area contributed by atoms with Gasteiger partial charge in [-0.05, 0) is 17.7 Å². The van der Waals surface area contributed by atoms with Crippen LogP contribution in [0, 0.1) is 11.6 Å². The van der Waals surface area contributed by atoms with Crippen molar-refractivity contribution in [3.8, 4) is 0 Å². The Morgan fingerprint density at radius 3 is 2.70 bits per heavy atom. The van der Waals surface area contributed by atoms with Crippen LogP contribution in [-0.2, 0) is 6.54 Å². The van der Waals surface area contributed by atoms with Gasteiger partial charge in [0.15, 0.2) is 0 Å². The van der Waals surface area contributed by atoms with Gasteiger partial charge in [-0.2, -0.15) is 0 Å². The van der Waals surface area contributed by atoms with Crippen LogP contribution in [0.1, 0.15) is 17.2 Å². The van der Waals surface area contributed by atoms with Gasteiger partial charge in [-0.25, -0.2) is 8.78 Å². The van der Waals surface area contributed by atoms with E-state index >= 15 is 0 Å². The first kappa shape index (κ1) is 15.9. The first-order chi connectivity index (χ1) is 11.0. The van der Waals surface area contributed by atoms with E-state index in [4.69, 9.17) is 0 Å². The lowest BCUT2D eigenvalue weighted by Crippen LogP contribution is -2.32. The summed E-state index contributed by atoms with van der Waals surface area (Å²) in [4.78, 5) is 4.27. The van der Waals surface area contributed by atoms with E-state index in [2.05, 4.69) is 21.9 Å². The summed E-state index contributed by atoms with van der Waals surface area (Å²) < 4.78 is 26.8. The normalized spacial score (nSPS) is 16.8. The van der Waals surface area contributed by atoms with Crippen LogP contribution >= 0.6 is 0 Å². The van der Waals surface area contributed by atoms with Gasteiger partial charge in [-0.15, -0.1) is 0 Å². The van der Waals surface area contributed by atoms with Gasteiger partial charge in [0.2, 0.25) is 0 Å². The summed E-state index contributed by atoms with van der Waals surface area (Å²) in [5, 5.41) is 10.3. The molecule has 3 rings (SSSR count). The molecule has 122 valence electrons. The third kappa shape index (κ3) is 3.51. The second-order valence-corrected chi connectivity index (χ2v) is 5.97. The molecule has 0 saturated carbocycles. The minimum Gasteiger partial charge on any atom is -0.387 e. The van der Waals surface area contributed by atoms with E-state index in [0.717, 1.165) is 19.2 Å². The van der Waals surface area contributed by atoms with Gasteiger partial charge in [0.25, 0.3) is 0 Å². The van der Waals surface area contributed by atoms with E-state index in [9.17, 15) is 13.9 Å². The van der Waals surface area contributed by atoms with Gasteiger partial charge in [-0.3, -0.25) is 4.90 Å². The zero-order valence-electron chi connectivity index (χ0n) is 13.0. The molecular weight excluding hydrogens is 298 g/mol. The first-order valence-electron chi connectivity index (χ1n) is 7.69. The number of anilines is 1. The van der Waals surface area contributed by atoms with Crippen molar-refractivity contribution in [2.45, 2.75) is 12.6 Å². The predicted octanol–water partition coefficient (Wildman–Crippen LogP) is 2.95. The minimum absolute atomic E-state index is 0.136. The second kappa shape index (κ2) is 6.64. The molecule has 5 heteroatoms. The quantitative estimate of drug-likeness (QED) is 0.942. The number of aliphatic hydroxyl groups is 1. The van der Waals surface area contributed by atoms with Crippen molar-refractivity contribution in [1.29, 1.82) is 0 Å². The van der Waals surface area contributed by atoms with Crippen molar-refractivity contribution >= 4 is 5.69 Å². The van der Waals surface area contributed by atoms with E-state index in [1.807, 2.05) is 19.2 Å². The van der Waals surface area contributed by atoms with Gasteiger partial charge in [0.05, 0.1) is 6.10 Å².